The average Bonchev–Trinajstić information content (AvgIpc) is 3.34. The lowest BCUT2D eigenvalue weighted by Crippen LogP contribution is -2.27. The van der Waals surface area contributed by atoms with Crippen LogP contribution in [-0.4, -0.2) is 24.9 Å². The van der Waals surface area contributed by atoms with Crippen molar-refractivity contribution in [3.63, 3.8) is 0 Å². The maximum absolute atomic E-state index is 14.2. The third-order valence-electron chi connectivity index (χ3n) is 7.09. The van der Waals surface area contributed by atoms with Crippen LogP contribution in [0.5, 0.6) is 0 Å². The van der Waals surface area contributed by atoms with E-state index in [-0.39, 0.29) is 23.7 Å². The van der Waals surface area contributed by atoms with Crippen molar-refractivity contribution >= 4 is 29.2 Å². The van der Waals surface area contributed by atoms with Gasteiger partial charge in [0, 0.05) is 22.7 Å². The van der Waals surface area contributed by atoms with Crippen molar-refractivity contribution in [1.29, 1.82) is 0 Å². The summed E-state index contributed by atoms with van der Waals surface area (Å²) in [5.74, 6) is -0.475. The highest BCUT2D eigenvalue weighted by Gasteiger charge is 2.49. The van der Waals surface area contributed by atoms with Crippen molar-refractivity contribution < 1.29 is 18.7 Å². The molecule has 0 N–H and O–H groups in total. The van der Waals surface area contributed by atoms with Gasteiger partial charge in [-0.05, 0) is 38.8 Å². The van der Waals surface area contributed by atoms with E-state index in [1.165, 1.54) is 0 Å². The molecule has 0 amide bonds. The molecule has 0 atom stereocenters. The van der Waals surface area contributed by atoms with Crippen LogP contribution < -0.4 is 4.90 Å². The molecule has 0 saturated heterocycles. The number of carbonyl (C=O) groups is 2. The molecule has 39 heavy (non-hydrogen) atoms. The number of anilines is 1. The van der Waals surface area contributed by atoms with Crippen molar-refractivity contribution in [3.8, 4) is 0 Å². The molecule has 0 radical (unpaired) electrons. The molecule has 2 heterocycles. The van der Waals surface area contributed by atoms with Crippen LogP contribution in [0.2, 0.25) is 0 Å². The number of rotatable bonds is 7. The molecule has 5 rings (SSSR count). The maximum atomic E-state index is 14.2. The third-order valence-corrected chi connectivity index (χ3v) is 8.66. The van der Waals surface area contributed by atoms with Crippen molar-refractivity contribution in [1.82, 2.24) is 0 Å². The van der Waals surface area contributed by atoms with Crippen LogP contribution in [0.15, 0.2) is 106 Å². The summed E-state index contributed by atoms with van der Waals surface area (Å²) in [5, 5.41) is 0. The van der Waals surface area contributed by atoms with Gasteiger partial charge in [-0.25, -0.2) is 4.79 Å². The molecule has 0 fully saturated rings. The van der Waals surface area contributed by atoms with Gasteiger partial charge < -0.3 is 14.1 Å². The van der Waals surface area contributed by atoms with E-state index in [1.807, 2.05) is 61.5 Å². The summed E-state index contributed by atoms with van der Waals surface area (Å²) >= 11 is 1.67. The lowest BCUT2D eigenvalue weighted by Gasteiger charge is -2.33. The first-order valence-corrected chi connectivity index (χ1v) is 13.9. The summed E-state index contributed by atoms with van der Waals surface area (Å²) in [4.78, 5) is 30.8. The summed E-state index contributed by atoms with van der Waals surface area (Å²) in [5.41, 5.74) is 4.26. The van der Waals surface area contributed by atoms with Gasteiger partial charge in [0.25, 0.3) is 0 Å². The lowest BCUT2D eigenvalue weighted by atomic mass is 9.86. The van der Waals surface area contributed by atoms with Gasteiger partial charge in [-0.2, -0.15) is 0 Å². The Bertz CT molecular complexity index is 1480. The van der Waals surface area contributed by atoms with Crippen LogP contribution in [0.3, 0.4) is 0 Å². The minimum absolute atomic E-state index is 0.0710. The Morgan fingerprint density at radius 2 is 1.38 bits per heavy atom. The Hall–Kier alpha value is -4.03. The lowest BCUT2D eigenvalue weighted by molar-refractivity contribution is 0.0484. The molecule has 0 spiro atoms. The van der Waals surface area contributed by atoms with Crippen LogP contribution >= 0.6 is 11.8 Å². The summed E-state index contributed by atoms with van der Waals surface area (Å²) in [6.45, 7) is 8.67. The van der Waals surface area contributed by atoms with E-state index in [2.05, 4.69) is 43.0 Å². The monoisotopic (exact) mass is 537 g/mol. The van der Waals surface area contributed by atoms with Crippen LogP contribution in [-0.2, 0) is 9.48 Å². The highest BCUT2D eigenvalue weighted by molar-refractivity contribution is 8.04. The molecule has 1 aliphatic heterocycles. The maximum Gasteiger partial charge on any atom is 0.375 e. The number of nitrogens with zero attached hydrogens (tertiary/aromatic N) is 1. The number of hydrogen-bond acceptors (Lipinski definition) is 6. The predicted octanol–water partition coefficient (Wildman–Crippen LogP) is 7.80. The fourth-order valence-electron chi connectivity index (χ4n) is 5.20. The van der Waals surface area contributed by atoms with Crippen molar-refractivity contribution in [2.24, 2.45) is 0 Å². The zero-order valence-electron chi connectivity index (χ0n) is 22.6. The van der Waals surface area contributed by atoms with Gasteiger partial charge in [0.05, 0.1) is 12.3 Å². The first kappa shape index (κ1) is 26.6. The number of ether oxygens (including phenoxy) is 1. The van der Waals surface area contributed by atoms with E-state index in [9.17, 15) is 9.59 Å². The largest absolute Gasteiger partial charge is 0.460 e. The van der Waals surface area contributed by atoms with E-state index < -0.39 is 10.7 Å². The van der Waals surface area contributed by atoms with E-state index in [0.29, 0.717) is 23.6 Å². The summed E-state index contributed by atoms with van der Waals surface area (Å²) in [6, 6.07) is 29.2. The molecule has 5 nitrogen and oxygen atoms in total. The first-order chi connectivity index (χ1) is 18.9. The highest BCUT2D eigenvalue weighted by Crippen LogP contribution is 2.58. The molecule has 4 aromatic rings. The number of hydrogen-bond donors (Lipinski definition) is 0. The average molecular weight is 538 g/mol. The second-order valence-electron chi connectivity index (χ2n) is 9.30. The van der Waals surface area contributed by atoms with Gasteiger partial charge in [0.1, 0.15) is 10.3 Å². The number of benzene rings is 3. The second-order valence-corrected chi connectivity index (χ2v) is 10.7. The first-order valence-electron chi connectivity index (χ1n) is 13.1. The Morgan fingerprint density at radius 3 is 1.90 bits per heavy atom. The van der Waals surface area contributed by atoms with E-state index in [0.717, 1.165) is 21.7 Å². The quantitative estimate of drug-likeness (QED) is 0.177. The molecule has 0 aliphatic carbocycles. The minimum Gasteiger partial charge on any atom is -0.460 e. The molecule has 198 valence electrons. The van der Waals surface area contributed by atoms with Crippen molar-refractivity contribution in [2.45, 2.75) is 32.4 Å². The Balaban J connectivity index is 1.95. The SMILES string of the molecule is CCOC(=O)c1oc2c(c1C(=O)c1ccccc1)N(CC)C(C)=C(C)SC2(c1ccccc1)c1ccccc1. The summed E-state index contributed by atoms with van der Waals surface area (Å²) < 4.78 is 11.2. The topological polar surface area (TPSA) is 59.8 Å². The third kappa shape index (κ3) is 4.49. The van der Waals surface area contributed by atoms with Crippen LogP contribution in [0.1, 0.15) is 71.1 Å². The van der Waals surface area contributed by atoms with Gasteiger partial charge in [-0.1, -0.05) is 91.0 Å². The molecular formula is C33H31NO4S. The molecule has 6 heteroatoms. The van der Waals surface area contributed by atoms with E-state index >= 15 is 0 Å². The zero-order chi connectivity index (χ0) is 27.6. The van der Waals surface area contributed by atoms with Crippen molar-refractivity contribution in [3.05, 3.63) is 135 Å². The number of allylic oxidation sites excluding steroid dienone is 2. The second kappa shape index (κ2) is 11.0. The van der Waals surface area contributed by atoms with Crippen LogP contribution in [0.4, 0.5) is 5.69 Å². The van der Waals surface area contributed by atoms with Crippen LogP contribution in [0, 0.1) is 0 Å². The van der Waals surface area contributed by atoms with Crippen molar-refractivity contribution in [2.75, 3.05) is 18.1 Å². The summed E-state index contributed by atoms with van der Waals surface area (Å²) in [6.07, 6.45) is 0. The predicted molar refractivity (Wildman–Crippen MR) is 156 cm³/mol. The smallest absolute Gasteiger partial charge is 0.375 e. The minimum atomic E-state index is -0.871. The standard InChI is InChI=1S/C33H31NO4S/c1-5-34-22(3)23(4)39-33(25-18-12-8-13-19-25,26-20-14-9-15-21-26)31-28(34)27(30(38-31)32(36)37-6-2)29(35)24-16-10-7-11-17-24/h7-21H,5-6H2,1-4H3. The normalized spacial score (nSPS) is 14.5. The van der Waals surface area contributed by atoms with E-state index in [4.69, 9.17) is 9.15 Å². The number of fused-ring (bicyclic) bond motifs is 1. The molecule has 0 saturated carbocycles. The van der Waals surface area contributed by atoms with Gasteiger partial charge in [0.2, 0.25) is 5.76 Å². The molecule has 0 bridgehead atoms. The molecule has 3 aromatic carbocycles. The van der Waals surface area contributed by atoms with Gasteiger partial charge >= 0.3 is 5.97 Å². The number of thioether (sulfide) groups is 1. The number of carbonyl (C=O) groups excluding carboxylic acids is 2. The highest BCUT2D eigenvalue weighted by atomic mass is 32.2. The molecule has 0 unspecified atom stereocenters. The molecule has 1 aromatic heterocycles. The molecular weight excluding hydrogens is 506 g/mol. The fraction of sp³-hybridized carbons (Fsp3) is 0.212. The fourth-order valence-corrected chi connectivity index (χ4v) is 6.65. The van der Waals surface area contributed by atoms with Gasteiger partial charge in [-0.15, -0.1) is 11.8 Å². The number of esters is 1. The Morgan fingerprint density at radius 1 is 0.846 bits per heavy atom. The Kier molecular flexibility index (Phi) is 7.49. The van der Waals surface area contributed by atoms with Gasteiger partial charge in [-0.3, -0.25) is 4.79 Å². The van der Waals surface area contributed by atoms with Crippen LogP contribution in [0.25, 0.3) is 0 Å². The summed E-state index contributed by atoms with van der Waals surface area (Å²) in [7, 11) is 0. The Labute approximate surface area is 233 Å². The number of furan rings is 1. The number of ketones is 1. The van der Waals surface area contributed by atoms with E-state index in [1.54, 1.807) is 30.8 Å². The zero-order valence-corrected chi connectivity index (χ0v) is 23.4. The molecule has 1 aliphatic rings. The van der Waals surface area contributed by atoms with Gasteiger partial charge in [0.15, 0.2) is 11.5 Å².